The summed E-state index contributed by atoms with van der Waals surface area (Å²) in [4.78, 5) is 14.1. The van der Waals surface area contributed by atoms with Crippen LogP contribution in [-0.2, 0) is 4.74 Å². The Labute approximate surface area is 178 Å². The lowest BCUT2D eigenvalue weighted by molar-refractivity contribution is 0.159. The van der Waals surface area contributed by atoms with Crippen LogP contribution in [0.4, 0.5) is 11.4 Å². The van der Waals surface area contributed by atoms with Crippen molar-refractivity contribution in [3.8, 4) is 0 Å². The molecule has 0 amide bonds. The average molecular weight is 425 g/mol. The van der Waals surface area contributed by atoms with Gasteiger partial charge >= 0.3 is 0 Å². The highest BCUT2D eigenvalue weighted by molar-refractivity contribution is 7.18. The van der Waals surface area contributed by atoms with Gasteiger partial charge in [-0.3, -0.25) is 0 Å². The number of pyridine rings is 1. The molecule has 3 aromatic heterocycles. The highest BCUT2D eigenvalue weighted by atomic mass is 32.1. The molecule has 0 saturated carbocycles. The highest BCUT2D eigenvalue weighted by Crippen LogP contribution is 2.41. The summed E-state index contributed by atoms with van der Waals surface area (Å²) < 4.78 is 6.56. The lowest BCUT2D eigenvalue weighted by Crippen LogP contribution is -2.29. The molecule has 1 N–H and O–H groups in total. The first-order chi connectivity index (χ1) is 14.2. The summed E-state index contributed by atoms with van der Waals surface area (Å²) >= 11 is 3.50. The molecule has 0 bridgehead atoms. The lowest BCUT2D eigenvalue weighted by atomic mass is 9.96. The van der Waals surface area contributed by atoms with Gasteiger partial charge < -0.3 is 15.0 Å². The minimum atomic E-state index is 0.534. The second-order valence-electron chi connectivity index (χ2n) is 7.61. The van der Waals surface area contributed by atoms with Gasteiger partial charge in [0.1, 0.15) is 4.83 Å². The van der Waals surface area contributed by atoms with E-state index >= 15 is 0 Å². The van der Waals surface area contributed by atoms with Crippen molar-refractivity contribution >= 4 is 54.5 Å². The van der Waals surface area contributed by atoms with Crippen molar-refractivity contribution in [1.29, 1.82) is 0 Å². The Bertz CT molecular complexity index is 1140. The minimum Gasteiger partial charge on any atom is -0.385 e. The molecule has 0 spiro atoms. The number of nitrogens with one attached hydrogen (secondary N) is 1. The molecular formula is C22H24N4OS2. The molecule has 150 valence electrons. The zero-order valence-corrected chi connectivity index (χ0v) is 18.2. The van der Waals surface area contributed by atoms with Crippen molar-refractivity contribution < 1.29 is 4.74 Å². The third kappa shape index (κ3) is 3.64. The quantitative estimate of drug-likeness (QED) is 0.444. The predicted molar refractivity (Wildman–Crippen MR) is 123 cm³/mol. The van der Waals surface area contributed by atoms with E-state index in [-0.39, 0.29) is 0 Å². The van der Waals surface area contributed by atoms with Crippen molar-refractivity contribution in [3.05, 3.63) is 46.9 Å². The maximum absolute atomic E-state index is 5.36. The fourth-order valence-electron chi connectivity index (χ4n) is 4.34. The number of nitrogens with zero attached hydrogens (tertiary/aromatic N) is 3. The molecule has 5 nitrogen and oxygen atoms in total. The molecule has 0 aliphatic carbocycles. The smallest absolute Gasteiger partial charge is 0.125 e. The van der Waals surface area contributed by atoms with Gasteiger partial charge in [0.25, 0.3) is 0 Å². The normalized spacial score (nSPS) is 20.1. The molecular weight excluding hydrogens is 400 g/mol. The number of thiophene rings is 1. The first-order valence-electron chi connectivity index (χ1n) is 9.91. The van der Waals surface area contributed by atoms with Crippen LogP contribution in [0.25, 0.3) is 20.4 Å². The number of aromatic nitrogens is 2. The van der Waals surface area contributed by atoms with E-state index in [1.54, 1.807) is 18.4 Å². The number of thiazole rings is 1. The molecule has 1 aromatic carbocycles. The molecule has 4 heterocycles. The van der Waals surface area contributed by atoms with Crippen molar-refractivity contribution in [3.63, 3.8) is 0 Å². The number of likely N-dealkylation sites (tertiary alicyclic amines) is 1. The number of ether oxygens (including phenoxy) is 1. The first kappa shape index (κ1) is 18.9. The maximum Gasteiger partial charge on any atom is 0.125 e. The van der Waals surface area contributed by atoms with Gasteiger partial charge in [-0.05, 0) is 56.8 Å². The number of anilines is 2. The highest BCUT2D eigenvalue weighted by Gasteiger charge is 2.33. The molecule has 1 saturated heterocycles. The number of hydrogen-bond donors (Lipinski definition) is 1. The number of likely N-dealkylation sites (N-methyl/N-ethyl adjacent to an activating group) is 1. The summed E-state index contributed by atoms with van der Waals surface area (Å²) in [6.45, 7) is 1.94. The van der Waals surface area contributed by atoms with E-state index in [0.29, 0.717) is 12.0 Å². The Morgan fingerprint density at radius 2 is 2.17 bits per heavy atom. The topological polar surface area (TPSA) is 50.3 Å². The number of rotatable bonds is 6. The van der Waals surface area contributed by atoms with Crippen molar-refractivity contribution in [2.45, 2.75) is 24.8 Å². The SMILES string of the molecule is COCCC1C(c2cc3c(Nc4ccc5scnc5c4)ccnc3s2)CCN1C. The van der Waals surface area contributed by atoms with Gasteiger partial charge in [0.15, 0.2) is 0 Å². The van der Waals surface area contributed by atoms with E-state index in [1.165, 1.54) is 21.4 Å². The molecule has 29 heavy (non-hydrogen) atoms. The first-order valence-corrected chi connectivity index (χ1v) is 11.6. The summed E-state index contributed by atoms with van der Waals surface area (Å²) in [7, 11) is 4.02. The predicted octanol–water partition coefficient (Wildman–Crippen LogP) is 5.47. The number of benzene rings is 1. The van der Waals surface area contributed by atoms with Crippen LogP contribution in [-0.4, -0.2) is 48.2 Å². The molecule has 1 fully saturated rings. The Morgan fingerprint density at radius 3 is 3.07 bits per heavy atom. The fourth-order valence-corrected chi connectivity index (χ4v) is 6.22. The third-order valence-corrected chi connectivity index (χ3v) is 7.86. The van der Waals surface area contributed by atoms with Crippen LogP contribution in [0.1, 0.15) is 23.6 Å². The summed E-state index contributed by atoms with van der Waals surface area (Å²) in [6, 6.07) is 11.3. The van der Waals surface area contributed by atoms with Crippen LogP contribution < -0.4 is 5.32 Å². The molecule has 2 unspecified atom stereocenters. The van der Waals surface area contributed by atoms with E-state index in [9.17, 15) is 0 Å². The molecule has 5 rings (SSSR count). The summed E-state index contributed by atoms with van der Waals surface area (Å²) in [5.41, 5.74) is 5.09. The monoisotopic (exact) mass is 424 g/mol. The lowest BCUT2D eigenvalue weighted by Gasteiger charge is -2.24. The number of hydrogen-bond acceptors (Lipinski definition) is 7. The molecule has 4 aromatic rings. The van der Waals surface area contributed by atoms with Crippen LogP contribution in [0.5, 0.6) is 0 Å². The van der Waals surface area contributed by atoms with E-state index in [4.69, 9.17) is 4.74 Å². The molecule has 0 radical (unpaired) electrons. The number of fused-ring (bicyclic) bond motifs is 2. The van der Waals surface area contributed by atoms with Crippen LogP contribution >= 0.6 is 22.7 Å². The van der Waals surface area contributed by atoms with Gasteiger partial charge in [0, 0.05) is 47.8 Å². The van der Waals surface area contributed by atoms with E-state index in [1.807, 2.05) is 23.0 Å². The van der Waals surface area contributed by atoms with Gasteiger partial charge in [-0.25, -0.2) is 9.97 Å². The largest absolute Gasteiger partial charge is 0.385 e. The third-order valence-electron chi connectivity index (χ3n) is 5.87. The van der Waals surface area contributed by atoms with Crippen LogP contribution in [0, 0.1) is 0 Å². The van der Waals surface area contributed by atoms with Gasteiger partial charge in [-0.15, -0.1) is 22.7 Å². The fraction of sp³-hybridized carbons (Fsp3) is 0.364. The van der Waals surface area contributed by atoms with Crippen molar-refractivity contribution in [1.82, 2.24) is 14.9 Å². The summed E-state index contributed by atoms with van der Waals surface area (Å²) in [6.07, 6.45) is 4.16. The average Bonchev–Trinajstić information content (AvgIpc) is 3.44. The van der Waals surface area contributed by atoms with Gasteiger partial charge in [0.2, 0.25) is 0 Å². The van der Waals surface area contributed by atoms with Crippen molar-refractivity contribution in [2.75, 3.05) is 32.6 Å². The maximum atomic E-state index is 5.36. The van der Waals surface area contributed by atoms with Gasteiger partial charge in [0.05, 0.1) is 21.4 Å². The zero-order chi connectivity index (χ0) is 19.8. The molecule has 2 atom stereocenters. The van der Waals surface area contributed by atoms with E-state index < -0.39 is 0 Å². The minimum absolute atomic E-state index is 0.534. The Kier molecular flexibility index (Phi) is 5.22. The van der Waals surface area contributed by atoms with Gasteiger partial charge in [-0.1, -0.05) is 0 Å². The summed E-state index contributed by atoms with van der Waals surface area (Å²) in [5, 5.41) is 4.79. The van der Waals surface area contributed by atoms with Crippen LogP contribution in [0.3, 0.4) is 0 Å². The van der Waals surface area contributed by atoms with Crippen LogP contribution in [0.2, 0.25) is 0 Å². The van der Waals surface area contributed by atoms with E-state index in [2.05, 4.69) is 57.6 Å². The molecule has 7 heteroatoms. The van der Waals surface area contributed by atoms with Crippen LogP contribution in [0.15, 0.2) is 42.0 Å². The summed E-state index contributed by atoms with van der Waals surface area (Å²) in [5.74, 6) is 0.550. The second kappa shape index (κ2) is 7.99. The second-order valence-corrected chi connectivity index (χ2v) is 9.56. The Morgan fingerprint density at radius 1 is 1.24 bits per heavy atom. The Balaban J connectivity index is 1.46. The molecule has 1 aliphatic rings. The Hall–Kier alpha value is -2.06. The molecule has 1 aliphatic heterocycles. The standard InChI is InChI=1S/C22H24N4OS2/c1-26-9-6-15(19(26)7-10-27-2)21-12-16-17(5-8-23-22(16)29-21)25-14-3-4-20-18(11-14)24-13-28-20/h3-5,8,11-13,15,19H,6-7,9-10H2,1-2H3,(H,23,25). The zero-order valence-electron chi connectivity index (χ0n) is 16.6. The van der Waals surface area contributed by atoms with Gasteiger partial charge in [-0.2, -0.15) is 0 Å². The van der Waals surface area contributed by atoms with Crippen molar-refractivity contribution in [2.24, 2.45) is 0 Å². The number of methoxy groups -OCH3 is 1. The van der Waals surface area contributed by atoms with E-state index in [0.717, 1.165) is 41.3 Å².